The minimum atomic E-state index is -0.471. The molecule has 1 fully saturated rings. The number of carbonyl (C=O) groups is 1. The summed E-state index contributed by atoms with van der Waals surface area (Å²) in [6.45, 7) is 0. The van der Waals surface area contributed by atoms with E-state index in [-0.39, 0.29) is 22.1 Å². The van der Waals surface area contributed by atoms with Crippen LogP contribution in [0.2, 0.25) is 0 Å². The summed E-state index contributed by atoms with van der Waals surface area (Å²) in [5, 5.41) is 3.53. The van der Waals surface area contributed by atoms with Crippen molar-refractivity contribution >= 4 is 29.0 Å². The van der Waals surface area contributed by atoms with Crippen LogP contribution in [0.1, 0.15) is 35.2 Å². The van der Waals surface area contributed by atoms with E-state index in [1.165, 1.54) is 12.1 Å². The third-order valence-corrected chi connectivity index (χ3v) is 5.16. The fourth-order valence-corrected chi connectivity index (χ4v) is 3.59. The van der Waals surface area contributed by atoms with Crippen molar-refractivity contribution in [2.45, 2.75) is 24.8 Å². The second-order valence-corrected chi connectivity index (χ2v) is 6.97. The van der Waals surface area contributed by atoms with E-state index in [0.29, 0.717) is 16.5 Å². The molecule has 0 spiro atoms. The summed E-state index contributed by atoms with van der Waals surface area (Å²) in [6, 6.07) is 11.1. The number of benzene rings is 2. The van der Waals surface area contributed by atoms with Gasteiger partial charge in [-0.1, -0.05) is 12.1 Å². The minimum absolute atomic E-state index is 0.210. The molecule has 1 aromatic heterocycles. The summed E-state index contributed by atoms with van der Waals surface area (Å²) in [7, 11) is 0. The Hall–Kier alpha value is -2.80. The highest BCUT2D eigenvalue weighted by molar-refractivity contribution is 7.71. The highest BCUT2D eigenvalue weighted by atomic mass is 32.1. The van der Waals surface area contributed by atoms with Crippen LogP contribution in [-0.2, 0) is 5.54 Å². The average molecular weight is 369 g/mol. The quantitative estimate of drug-likeness (QED) is 0.618. The molecule has 26 heavy (non-hydrogen) atoms. The van der Waals surface area contributed by atoms with Gasteiger partial charge in [-0.05, 0) is 67.4 Å². The molecule has 0 radical (unpaired) electrons. The van der Waals surface area contributed by atoms with Crippen molar-refractivity contribution in [3.8, 4) is 0 Å². The van der Waals surface area contributed by atoms with E-state index in [1.54, 1.807) is 30.3 Å². The molecule has 1 saturated carbocycles. The van der Waals surface area contributed by atoms with Gasteiger partial charge in [0.25, 0.3) is 11.5 Å². The number of nitrogens with one attached hydrogen (secondary N) is 3. The van der Waals surface area contributed by atoms with Gasteiger partial charge in [0.1, 0.15) is 5.82 Å². The van der Waals surface area contributed by atoms with Crippen molar-refractivity contribution < 1.29 is 9.18 Å². The predicted octanol–water partition coefficient (Wildman–Crippen LogP) is 3.53. The molecule has 7 heteroatoms. The Morgan fingerprint density at radius 2 is 1.85 bits per heavy atom. The molecular formula is C19H16FN3O2S. The fourth-order valence-electron chi connectivity index (χ4n) is 3.39. The van der Waals surface area contributed by atoms with Crippen LogP contribution in [0.15, 0.2) is 47.3 Å². The average Bonchev–Trinajstić information content (AvgIpc) is 2.58. The Morgan fingerprint density at radius 3 is 2.50 bits per heavy atom. The normalized spacial score (nSPS) is 15.4. The minimum Gasteiger partial charge on any atom is -0.343 e. The zero-order chi connectivity index (χ0) is 18.3. The Morgan fingerprint density at radius 1 is 1.12 bits per heavy atom. The van der Waals surface area contributed by atoms with Gasteiger partial charge in [0, 0.05) is 5.56 Å². The lowest BCUT2D eigenvalue weighted by Gasteiger charge is -2.43. The van der Waals surface area contributed by atoms with Gasteiger partial charge in [0.15, 0.2) is 4.77 Å². The SMILES string of the molecule is O=C(NC1(c2ccc(F)cc2)CCC1)c1ccc2c(=O)[nH]c(=S)[nH]c2c1. The molecule has 0 aliphatic heterocycles. The van der Waals surface area contributed by atoms with Crippen LogP contribution >= 0.6 is 12.2 Å². The zero-order valence-corrected chi connectivity index (χ0v) is 14.6. The van der Waals surface area contributed by atoms with E-state index in [4.69, 9.17) is 12.2 Å². The molecule has 0 saturated heterocycles. The fraction of sp³-hybridized carbons (Fsp3) is 0.211. The molecule has 2 aromatic carbocycles. The highest BCUT2D eigenvalue weighted by Crippen LogP contribution is 2.41. The van der Waals surface area contributed by atoms with Gasteiger partial charge >= 0.3 is 0 Å². The lowest BCUT2D eigenvalue weighted by molar-refractivity contribution is 0.0823. The topological polar surface area (TPSA) is 77.8 Å². The van der Waals surface area contributed by atoms with Crippen LogP contribution in [0, 0.1) is 10.6 Å². The van der Waals surface area contributed by atoms with Crippen LogP contribution in [0.3, 0.4) is 0 Å². The van der Waals surface area contributed by atoms with Crippen molar-refractivity contribution in [1.82, 2.24) is 15.3 Å². The molecule has 1 heterocycles. The molecule has 0 bridgehead atoms. The van der Waals surface area contributed by atoms with Crippen LogP contribution < -0.4 is 10.9 Å². The Kier molecular flexibility index (Phi) is 3.96. The summed E-state index contributed by atoms with van der Waals surface area (Å²) in [4.78, 5) is 30.1. The summed E-state index contributed by atoms with van der Waals surface area (Å²) >= 11 is 4.98. The van der Waals surface area contributed by atoms with E-state index in [2.05, 4.69) is 15.3 Å². The van der Waals surface area contributed by atoms with E-state index in [9.17, 15) is 14.0 Å². The summed E-state index contributed by atoms with van der Waals surface area (Å²) in [6.07, 6.45) is 2.61. The van der Waals surface area contributed by atoms with Gasteiger partial charge in [0.05, 0.1) is 16.4 Å². The van der Waals surface area contributed by atoms with E-state index in [1.807, 2.05) is 0 Å². The number of rotatable bonds is 3. The lowest BCUT2D eigenvalue weighted by atomic mass is 9.71. The first-order chi connectivity index (χ1) is 12.5. The van der Waals surface area contributed by atoms with Gasteiger partial charge in [-0.25, -0.2) is 4.39 Å². The molecule has 132 valence electrons. The summed E-state index contributed by atoms with van der Waals surface area (Å²) in [5.74, 6) is -0.542. The molecule has 5 nitrogen and oxygen atoms in total. The van der Waals surface area contributed by atoms with Crippen molar-refractivity contribution in [1.29, 1.82) is 0 Å². The monoisotopic (exact) mass is 369 g/mol. The third kappa shape index (κ3) is 2.84. The maximum atomic E-state index is 13.2. The number of fused-ring (bicyclic) bond motifs is 1. The molecule has 1 aliphatic rings. The van der Waals surface area contributed by atoms with Crippen molar-refractivity contribution in [2.75, 3.05) is 0 Å². The lowest BCUT2D eigenvalue weighted by Crippen LogP contribution is -2.50. The van der Waals surface area contributed by atoms with Gasteiger partial charge in [-0.3, -0.25) is 14.6 Å². The molecule has 0 unspecified atom stereocenters. The second-order valence-electron chi connectivity index (χ2n) is 6.57. The number of halogens is 1. The number of carbonyl (C=O) groups excluding carboxylic acids is 1. The highest BCUT2D eigenvalue weighted by Gasteiger charge is 2.40. The first kappa shape index (κ1) is 16.7. The number of hydrogen-bond acceptors (Lipinski definition) is 3. The number of amides is 1. The molecule has 0 atom stereocenters. The molecule has 3 aromatic rings. The zero-order valence-electron chi connectivity index (χ0n) is 13.8. The van der Waals surface area contributed by atoms with Crippen molar-refractivity contribution in [3.63, 3.8) is 0 Å². The number of aromatic nitrogens is 2. The second kappa shape index (κ2) is 6.17. The number of aromatic amines is 2. The van der Waals surface area contributed by atoms with Crippen LogP contribution in [0.4, 0.5) is 4.39 Å². The van der Waals surface area contributed by atoms with E-state index in [0.717, 1.165) is 24.8 Å². The van der Waals surface area contributed by atoms with Gasteiger partial charge < -0.3 is 10.3 Å². The van der Waals surface area contributed by atoms with E-state index < -0.39 is 5.54 Å². The maximum Gasteiger partial charge on any atom is 0.259 e. The smallest absolute Gasteiger partial charge is 0.259 e. The largest absolute Gasteiger partial charge is 0.343 e. The van der Waals surface area contributed by atoms with Crippen LogP contribution in [-0.4, -0.2) is 15.9 Å². The maximum absolute atomic E-state index is 13.2. The Bertz CT molecular complexity index is 1110. The molecule has 1 amide bonds. The van der Waals surface area contributed by atoms with Gasteiger partial charge in [-0.15, -0.1) is 0 Å². The van der Waals surface area contributed by atoms with Gasteiger partial charge in [0.2, 0.25) is 0 Å². The predicted molar refractivity (Wildman–Crippen MR) is 99.1 cm³/mol. The molecule has 3 N–H and O–H groups in total. The molecule has 1 aliphatic carbocycles. The summed E-state index contributed by atoms with van der Waals surface area (Å²) < 4.78 is 13.4. The molecule has 4 rings (SSSR count). The Labute approximate surface area is 153 Å². The first-order valence-electron chi connectivity index (χ1n) is 8.32. The number of H-pyrrole nitrogens is 2. The standard InChI is InChI=1S/C19H16FN3O2S/c20-13-5-3-12(4-6-13)19(8-1-9-19)23-16(24)11-2-7-14-15(10-11)21-18(26)22-17(14)25/h2-7,10H,1,8-9H2,(H,23,24)(H2,21,22,25,26). The van der Waals surface area contributed by atoms with E-state index >= 15 is 0 Å². The van der Waals surface area contributed by atoms with Crippen molar-refractivity contribution in [2.24, 2.45) is 0 Å². The summed E-state index contributed by atoms with van der Waals surface area (Å²) in [5.41, 5.74) is 1.08. The van der Waals surface area contributed by atoms with Crippen molar-refractivity contribution in [3.05, 3.63) is 74.5 Å². The van der Waals surface area contributed by atoms with Gasteiger partial charge in [-0.2, -0.15) is 0 Å². The third-order valence-electron chi connectivity index (χ3n) is 4.96. The van der Waals surface area contributed by atoms with Crippen LogP contribution in [0.25, 0.3) is 10.9 Å². The molecular weight excluding hydrogens is 353 g/mol. The Balaban J connectivity index is 1.67. The van der Waals surface area contributed by atoms with Crippen LogP contribution in [0.5, 0.6) is 0 Å². The number of hydrogen-bond donors (Lipinski definition) is 3. The first-order valence-corrected chi connectivity index (χ1v) is 8.73.